The first-order valence-corrected chi connectivity index (χ1v) is 7.18. The first kappa shape index (κ1) is 15.5. The second-order valence-corrected chi connectivity index (χ2v) is 5.59. The molecule has 2 atom stereocenters. The van der Waals surface area contributed by atoms with E-state index in [1.807, 2.05) is 11.4 Å². The average molecular weight is 289 g/mol. The Bertz CT molecular complexity index is 394. The summed E-state index contributed by atoms with van der Waals surface area (Å²) in [6, 6.07) is 2.36. The van der Waals surface area contributed by atoms with E-state index in [-0.39, 0.29) is 18.3 Å². The van der Waals surface area contributed by atoms with Crippen molar-refractivity contribution in [3.8, 4) is 0 Å². The van der Waals surface area contributed by atoms with Gasteiger partial charge in [0.2, 0.25) is 0 Å². The van der Waals surface area contributed by atoms with Crippen molar-refractivity contribution < 1.29 is 4.79 Å². The predicted molar refractivity (Wildman–Crippen MR) is 78.8 cm³/mol. The number of rotatable bonds is 3. The normalized spacial score (nSPS) is 23.2. The second kappa shape index (κ2) is 7.12. The zero-order valence-electron chi connectivity index (χ0n) is 10.9. The second-order valence-electron chi connectivity index (χ2n) is 4.68. The third-order valence-electron chi connectivity index (χ3n) is 3.44. The van der Waals surface area contributed by atoms with Crippen molar-refractivity contribution in [1.29, 1.82) is 0 Å². The maximum absolute atomic E-state index is 12.2. The number of hydrogen-bond acceptors (Lipinski definition) is 3. The Morgan fingerprint density at radius 3 is 3.06 bits per heavy atom. The molecule has 3 nitrogen and oxygen atoms in total. The largest absolute Gasteiger partial charge is 0.348 e. The molecule has 2 N–H and O–H groups in total. The van der Waals surface area contributed by atoms with Crippen molar-refractivity contribution in [2.45, 2.75) is 32.7 Å². The van der Waals surface area contributed by atoms with E-state index in [1.165, 1.54) is 0 Å². The minimum Gasteiger partial charge on any atom is -0.348 e. The topological polar surface area (TPSA) is 41.1 Å². The summed E-state index contributed by atoms with van der Waals surface area (Å²) in [5.74, 6) is 0.619. The van der Waals surface area contributed by atoms with Crippen molar-refractivity contribution in [3.63, 3.8) is 0 Å². The van der Waals surface area contributed by atoms with Gasteiger partial charge >= 0.3 is 0 Å². The van der Waals surface area contributed by atoms with Gasteiger partial charge in [-0.15, -0.1) is 23.7 Å². The maximum atomic E-state index is 12.2. The fourth-order valence-electron chi connectivity index (χ4n) is 2.28. The van der Waals surface area contributed by atoms with E-state index in [9.17, 15) is 4.79 Å². The molecule has 1 aromatic heterocycles. The lowest BCUT2D eigenvalue weighted by molar-refractivity contribution is 0.0917. The van der Waals surface area contributed by atoms with Crippen molar-refractivity contribution in [1.82, 2.24) is 10.6 Å². The molecular weight excluding hydrogens is 268 g/mol. The summed E-state index contributed by atoms with van der Waals surface area (Å²) in [7, 11) is 0. The SMILES string of the molecule is CCc1ccsc1C(=O)NC1CCNCC1C.Cl. The third kappa shape index (κ3) is 3.46. The molecule has 0 bridgehead atoms. The lowest BCUT2D eigenvalue weighted by Gasteiger charge is -2.30. The number of piperidine rings is 1. The van der Waals surface area contributed by atoms with Crippen LogP contribution in [0.1, 0.15) is 35.5 Å². The van der Waals surface area contributed by atoms with Crippen LogP contribution in [0.25, 0.3) is 0 Å². The van der Waals surface area contributed by atoms with Gasteiger partial charge in [-0.3, -0.25) is 4.79 Å². The van der Waals surface area contributed by atoms with Crippen LogP contribution in [0.5, 0.6) is 0 Å². The van der Waals surface area contributed by atoms with E-state index in [2.05, 4.69) is 24.5 Å². The monoisotopic (exact) mass is 288 g/mol. The number of thiophene rings is 1. The summed E-state index contributed by atoms with van der Waals surface area (Å²) >= 11 is 1.54. The van der Waals surface area contributed by atoms with E-state index in [1.54, 1.807) is 11.3 Å². The van der Waals surface area contributed by atoms with E-state index in [0.717, 1.165) is 36.4 Å². The van der Waals surface area contributed by atoms with E-state index >= 15 is 0 Å². The molecule has 2 rings (SSSR count). The van der Waals surface area contributed by atoms with Crippen LogP contribution in [0, 0.1) is 5.92 Å². The summed E-state index contributed by atoms with van der Waals surface area (Å²) in [5.41, 5.74) is 1.16. The smallest absolute Gasteiger partial charge is 0.261 e. The highest BCUT2D eigenvalue weighted by molar-refractivity contribution is 7.12. The zero-order chi connectivity index (χ0) is 12.3. The van der Waals surface area contributed by atoms with Gasteiger partial charge < -0.3 is 10.6 Å². The van der Waals surface area contributed by atoms with Crippen molar-refractivity contribution in [3.05, 3.63) is 21.9 Å². The summed E-state index contributed by atoms with van der Waals surface area (Å²) < 4.78 is 0. The van der Waals surface area contributed by atoms with Crippen LogP contribution in [0.3, 0.4) is 0 Å². The van der Waals surface area contributed by atoms with Crippen LogP contribution in [-0.2, 0) is 6.42 Å². The lowest BCUT2D eigenvalue weighted by atomic mass is 9.95. The number of halogens is 1. The fourth-order valence-corrected chi connectivity index (χ4v) is 3.17. The molecule has 18 heavy (non-hydrogen) atoms. The van der Waals surface area contributed by atoms with Gasteiger partial charge in [-0.2, -0.15) is 0 Å². The first-order chi connectivity index (χ1) is 8.22. The predicted octanol–water partition coefficient (Wildman–Crippen LogP) is 2.46. The molecule has 1 aromatic rings. The molecule has 0 radical (unpaired) electrons. The first-order valence-electron chi connectivity index (χ1n) is 6.30. The minimum atomic E-state index is 0. The number of aryl methyl sites for hydroxylation is 1. The van der Waals surface area contributed by atoms with E-state index in [4.69, 9.17) is 0 Å². The molecular formula is C13H21ClN2OS. The number of nitrogens with one attached hydrogen (secondary N) is 2. The molecule has 1 fully saturated rings. The summed E-state index contributed by atoms with van der Waals surface area (Å²) in [5, 5.41) is 8.52. The van der Waals surface area contributed by atoms with E-state index < -0.39 is 0 Å². The number of hydrogen-bond donors (Lipinski definition) is 2. The van der Waals surface area contributed by atoms with Gasteiger partial charge in [-0.05, 0) is 48.9 Å². The molecule has 2 heterocycles. The molecule has 0 saturated carbocycles. The Balaban J connectivity index is 0.00000162. The van der Waals surface area contributed by atoms with Crippen LogP contribution in [0.15, 0.2) is 11.4 Å². The zero-order valence-corrected chi connectivity index (χ0v) is 12.5. The number of carbonyl (C=O) groups is 1. The molecule has 2 unspecified atom stereocenters. The Kier molecular flexibility index (Phi) is 6.12. The molecule has 5 heteroatoms. The summed E-state index contributed by atoms with van der Waals surface area (Å²) in [4.78, 5) is 13.1. The van der Waals surface area contributed by atoms with Gasteiger partial charge in [0, 0.05) is 6.04 Å². The van der Waals surface area contributed by atoms with Gasteiger partial charge in [0.05, 0.1) is 4.88 Å². The number of carbonyl (C=O) groups excluding carboxylic acids is 1. The Morgan fingerprint density at radius 1 is 1.61 bits per heavy atom. The molecule has 1 aliphatic rings. The summed E-state index contributed by atoms with van der Waals surface area (Å²) in [6.45, 7) is 6.27. The van der Waals surface area contributed by atoms with Crippen LogP contribution in [0.4, 0.5) is 0 Å². The highest BCUT2D eigenvalue weighted by Crippen LogP contribution is 2.18. The lowest BCUT2D eigenvalue weighted by Crippen LogP contribution is -2.48. The third-order valence-corrected chi connectivity index (χ3v) is 4.39. The molecule has 0 spiro atoms. The minimum absolute atomic E-state index is 0. The highest BCUT2D eigenvalue weighted by atomic mass is 35.5. The Morgan fingerprint density at radius 2 is 2.39 bits per heavy atom. The maximum Gasteiger partial charge on any atom is 0.261 e. The van der Waals surface area contributed by atoms with Crippen molar-refractivity contribution in [2.24, 2.45) is 5.92 Å². The Hall–Kier alpha value is -0.580. The van der Waals surface area contributed by atoms with Crippen LogP contribution < -0.4 is 10.6 Å². The van der Waals surface area contributed by atoms with Gasteiger partial charge in [-0.1, -0.05) is 13.8 Å². The molecule has 1 amide bonds. The quantitative estimate of drug-likeness (QED) is 0.897. The summed E-state index contributed by atoms with van der Waals surface area (Å²) in [6.07, 6.45) is 1.95. The average Bonchev–Trinajstić information content (AvgIpc) is 2.80. The fraction of sp³-hybridized carbons (Fsp3) is 0.615. The van der Waals surface area contributed by atoms with Crippen molar-refractivity contribution >= 4 is 29.7 Å². The van der Waals surface area contributed by atoms with E-state index in [0.29, 0.717) is 12.0 Å². The molecule has 102 valence electrons. The van der Waals surface area contributed by atoms with Gasteiger partial charge in [0.15, 0.2) is 0 Å². The molecule has 1 saturated heterocycles. The van der Waals surface area contributed by atoms with Gasteiger partial charge in [0.1, 0.15) is 0 Å². The van der Waals surface area contributed by atoms with Crippen LogP contribution >= 0.6 is 23.7 Å². The van der Waals surface area contributed by atoms with Gasteiger partial charge in [-0.25, -0.2) is 0 Å². The molecule has 0 aromatic carbocycles. The Labute approximate surface area is 119 Å². The highest BCUT2D eigenvalue weighted by Gasteiger charge is 2.24. The number of amides is 1. The van der Waals surface area contributed by atoms with Crippen LogP contribution in [-0.4, -0.2) is 25.0 Å². The van der Waals surface area contributed by atoms with Gasteiger partial charge in [0.25, 0.3) is 5.91 Å². The van der Waals surface area contributed by atoms with Crippen LogP contribution in [0.2, 0.25) is 0 Å². The molecule has 0 aliphatic carbocycles. The molecule has 1 aliphatic heterocycles. The van der Waals surface area contributed by atoms with Crippen molar-refractivity contribution in [2.75, 3.05) is 13.1 Å². The standard InChI is InChI=1S/C13H20N2OS.ClH/c1-3-10-5-7-17-12(10)13(16)15-11-4-6-14-8-9(11)2;/h5,7,9,11,14H,3-4,6,8H2,1-2H3,(H,15,16);1H.